The predicted octanol–water partition coefficient (Wildman–Crippen LogP) is 4.23. The van der Waals surface area contributed by atoms with E-state index in [0.717, 1.165) is 36.4 Å². The molecule has 0 aromatic heterocycles. The van der Waals surface area contributed by atoms with Crippen molar-refractivity contribution in [3.8, 4) is 23.0 Å². The van der Waals surface area contributed by atoms with E-state index in [2.05, 4.69) is 0 Å². The molecule has 29 heavy (non-hydrogen) atoms. The van der Waals surface area contributed by atoms with Crippen molar-refractivity contribution in [3.05, 3.63) is 47.5 Å². The van der Waals surface area contributed by atoms with Gasteiger partial charge >= 0.3 is 0 Å². The Balaban J connectivity index is 1.58. The molecule has 2 aliphatic heterocycles. The van der Waals surface area contributed by atoms with Crippen molar-refractivity contribution in [2.24, 2.45) is 0 Å². The average Bonchev–Trinajstić information content (AvgIpc) is 3.22. The number of hydrogen-bond acceptors (Lipinski definition) is 5. The average molecular weight is 397 g/mol. The summed E-state index contributed by atoms with van der Waals surface area (Å²) in [6.45, 7) is 5.76. The van der Waals surface area contributed by atoms with Gasteiger partial charge in [-0.1, -0.05) is 6.07 Å². The van der Waals surface area contributed by atoms with E-state index in [1.165, 1.54) is 0 Å². The molecule has 6 heteroatoms. The van der Waals surface area contributed by atoms with E-state index < -0.39 is 0 Å². The van der Waals surface area contributed by atoms with Crippen LogP contribution in [0.4, 0.5) is 0 Å². The van der Waals surface area contributed by atoms with Gasteiger partial charge in [0.05, 0.1) is 19.3 Å². The zero-order chi connectivity index (χ0) is 20.4. The Bertz CT molecular complexity index is 895. The molecule has 0 N–H and O–H groups in total. The molecule has 154 valence electrons. The Kier molecular flexibility index (Phi) is 5.51. The second-order valence-electron chi connectivity index (χ2n) is 7.59. The summed E-state index contributed by atoms with van der Waals surface area (Å²) in [5, 5.41) is 0. The van der Waals surface area contributed by atoms with Gasteiger partial charge in [-0.2, -0.15) is 0 Å². The molecule has 1 amide bonds. The topological polar surface area (TPSA) is 57.2 Å². The number of carbonyl (C=O) groups excluding carboxylic acids is 1. The first-order valence-electron chi connectivity index (χ1n) is 10.1. The fraction of sp³-hybridized carbons (Fsp3) is 0.435. The summed E-state index contributed by atoms with van der Waals surface area (Å²) in [6.07, 6.45) is 1.93. The van der Waals surface area contributed by atoms with Crippen LogP contribution in [0.15, 0.2) is 36.4 Å². The van der Waals surface area contributed by atoms with Gasteiger partial charge in [-0.3, -0.25) is 4.79 Å². The monoisotopic (exact) mass is 397 g/mol. The van der Waals surface area contributed by atoms with Crippen molar-refractivity contribution < 1.29 is 23.7 Å². The molecule has 2 heterocycles. The van der Waals surface area contributed by atoms with Gasteiger partial charge in [0.25, 0.3) is 5.91 Å². The summed E-state index contributed by atoms with van der Waals surface area (Å²) in [4.78, 5) is 15.2. The summed E-state index contributed by atoms with van der Waals surface area (Å²) in [7, 11) is 1.59. The van der Waals surface area contributed by atoms with Crippen molar-refractivity contribution in [1.29, 1.82) is 0 Å². The van der Waals surface area contributed by atoms with E-state index in [1.807, 2.05) is 43.0 Å². The number of benzene rings is 2. The molecule has 0 spiro atoms. The third-order valence-corrected chi connectivity index (χ3v) is 5.24. The Hall–Kier alpha value is -2.89. The third-order valence-electron chi connectivity index (χ3n) is 5.24. The van der Waals surface area contributed by atoms with E-state index in [9.17, 15) is 4.79 Å². The maximum atomic E-state index is 13.3. The van der Waals surface area contributed by atoms with Gasteiger partial charge in [0.1, 0.15) is 13.2 Å². The zero-order valence-electron chi connectivity index (χ0n) is 17.1. The van der Waals surface area contributed by atoms with Crippen LogP contribution in [0.5, 0.6) is 23.0 Å². The van der Waals surface area contributed by atoms with E-state index >= 15 is 0 Å². The molecule has 0 bridgehead atoms. The Morgan fingerprint density at radius 3 is 2.62 bits per heavy atom. The van der Waals surface area contributed by atoms with Crippen LogP contribution in [-0.2, 0) is 0 Å². The maximum absolute atomic E-state index is 13.3. The number of methoxy groups -OCH3 is 1. The van der Waals surface area contributed by atoms with Crippen LogP contribution in [0, 0.1) is 0 Å². The minimum Gasteiger partial charge on any atom is -0.493 e. The number of ether oxygens (including phenoxy) is 4. The maximum Gasteiger partial charge on any atom is 0.254 e. The molecular formula is C23H27NO5. The highest BCUT2D eigenvalue weighted by Gasteiger charge is 2.32. The molecule has 2 aromatic rings. The minimum atomic E-state index is -0.00298. The van der Waals surface area contributed by atoms with Crippen LogP contribution < -0.4 is 18.9 Å². The number of amides is 1. The quantitative estimate of drug-likeness (QED) is 0.756. The number of fused-ring (bicyclic) bond motifs is 1. The van der Waals surface area contributed by atoms with Crippen molar-refractivity contribution in [3.63, 3.8) is 0 Å². The van der Waals surface area contributed by atoms with Gasteiger partial charge in [0.15, 0.2) is 23.0 Å². The fourth-order valence-corrected chi connectivity index (χ4v) is 3.94. The van der Waals surface area contributed by atoms with Crippen molar-refractivity contribution in [2.75, 3.05) is 26.9 Å². The standard InChI is InChI=1S/C23H27NO5/c1-15(2)29-20-9-7-17(14-21(20)26-3)23(25)24-10-4-5-18(24)16-6-8-19-22(13-16)28-12-11-27-19/h6-9,13-15,18H,4-5,10-12H2,1-3H3/t18-/m0/s1. The van der Waals surface area contributed by atoms with Crippen molar-refractivity contribution in [2.45, 2.75) is 38.8 Å². The molecule has 2 aliphatic rings. The number of likely N-dealkylation sites (tertiary alicyclic amines) is 1. The SMILES string of the molecule is COc1cc(C(=O)N2CCC[C@H]2c2ccc3c(c2)OCCO3)ccc1OC(C)C. The molecule has 1 saturated heterocycles. The first kappa shape index (κ1) is 19.4. The van der Waals surface area contributed by atoms with E-state index in [0.29, 0.717) is 30.3 Å². The van der Waals surface area contributed by atoms with E-state index in [4.69, 9.17) is 18.9 Å². The smallest absolute Gasteiger partial charge is 0.254 e. The summed E-state index contributed by atoms with van der Waals surface area (Å²) in [6, 6.07) is 11.4. The van der Waals surface area contributed by atoms with Crippen LogP contribution in [0.25, 0.3) is 0 Å². The molecule has 0 saturated carbocycles. The van der Waals surface area contributed by atoms with Gasteiger partial charge in [-0.05, 0) is 62.6 Å². The minimum absolute atomic E-state index is 0.00298. The molecule has 0 unspecified atom stereocenters. The highest BCUT2D eigenvalue weighted by atomic mass is 16.6. The Morgan fingerprint density at radius 2 is 1.86 bits per heavy atom. The summed E-state index contributed by atoms with van der Waals surface area (Å²) >= 11 is 0. The number of rotatable bonds is 5. The lowest BCUT2D eigenvalue weighted by molar-refractivity contribution is 0.0734. The molecule has 2 aromatic carbocycles. The van der Waals surface area contributed by atoms with Gasteiger partial charge in [0.2, 0.25) is 0 Å². The van der Waals surface area contributed by atoms with Gasteiger partial charge in [0, 0.05) is 12.1 Å². The fourth-order valence-electron chi connectivity index (χ4n) is 3.94. The molecular weight excluding hydrogens is 370 g/mol. The molecule has 1 fully saturated rings. The number of carbonyl (C=O) groups is 1. The van der Waals surface area contributed by atoms with Crippen LogP contribution in [0.2, 0.25) is 0 Å². The van der Waals surface area contributed by atoms with E-state index in [1.54, 1.807) is 19.2 Å². The molecule has 0 radical (unpaired) electrons. The van der Waals surface area contributed by atoms with Crippen LogP contribution in [-0.4, -0.2) is 43.8 Å². The highest BCUT2D eigenvalue weighted by Crippen LogP contribution is 2.39. The van der Waals surface area contributed by atoms with Crippen LogP contribution in [0.3, 0.4) is 0 Å². The van der Waals surface area contributed by atoms with E-state index in [-0.39, 0.29) is 18.1 Å². The number of nitrogens with zero attached hydrogens (tertiary/aromatic N) is 1. The highest BCUT2D eigenvalue weighted by molar-refractivity contribution is 5.95. The first-order valence-corrected chi connectivity index (χ1v) is 10.1. The Labute approximate surface area is 171 Å². The van der Waals surface area contributed by atoms with Crippen LogP contribution in [0.1, 0.15) is 48.7 Å². The molecule has 6 nitrogen and oxygen atoms in total. The molecule has 4 rings (SSSR count). The lowest BCUT2D eigenvalue weighted by atomic mass is 10.0. The first-order chi connectivity index (χ1) is 14.1. The molecule has 1 atom stereocenters. The second-order valence-corrected chi connectivity index (χ2v) is 7.59. The number of hydrogen-bond donors (Lipinski definition) is 0. The van der Waals surface area contributed by atoms with Gasteiger partial charge in [-0.25, -0.2) is 0 Å². The van der Waals surface area contributed by atoms with Gasteiger partial charge < -0.3 is 23.8 Å². The summed E-state index contributed by atoms with van der Waals surface area (Å²) in [5.41, 5.74) is 1.68. The molecule has 0 aliphatic carbocycles. The van der Waals surface area contributed by atoms with Crippen LogP contribution >= 0.6 is 0 Å². The summed E-state index contributed by atoms with van der Waals surface area (Å²) < 4.78 is 22.5. The predicted molar refractivity (Wildman–Crippen MR) is 109 cm³/mol. The van der Waals surface area contributed by atoms with Gasteiger partial charge in [-0.15, -0.1) is 0 Å². The lowest BCUT2D eigenvalue weighted by Gasteiger charge is -2.27. The zero-order valence-corrected chi connectivity index (χ0v) is 17.1. The lowest BCUT2D eigenvalue weighted by Crippen LogP contribution is -2.30. The summed E-state index contributed by atoms with van der Waals surface area (Å²) in [5.74, 6) is 2.73. The second kappa shape index (κ2) is 8.23. The van der Waals surface area contributed by atoms with Crippen molar-refractivity contribution >= 4 is 5.91 Å². The Morgan fingerprint density at radius 1 is 1.07 bits per heavy atom. The third kappa shape index (κ3) is 3.97. The normalized spacial score (nSPS) is 18.1. The largest absolute Gasteiger partial charge is 0.493 e. The van der Waals surface area contributed by atoms with Crippen molar-refractivity contribution in [1.82, 2.24) is 4.90 Å².